The number of piperidine rings is 1. The van der Waals surface area contributed by atoms with Gasteiger partial charge in [-0.2, -0.15) is 0 Å². The van der Waals surface area contributed by atoms with E-state index in [0.717, 1.165) is 63.6 Å². The zero-order valence-corrected chi connectivity index (χ0v) is 15.3. The van der Waals surface area contributed by atoms with E-state index in [0.29, 0.717) is 13.2 Å². The number of benzene rings is 1. The fraction of sp³-hybridized carbons (Fsp3) is 0.700. The molecule has 1 N–H and O–H groups in total. The Morgan fingerprint density at radius 2 is 1.68 bits per heavy atom. The van der Waals surface area contributed by atoms with Gasteiger partial charge in [0.1, 0.15) is 13.2 Å². The van der Waals surface area contributed by atoms with Gasteiger partial charge in [0.15, 0.2) is 11.5 Å². The van der Waals surface area contributed by atoms with Crippen molar-refractivity contribution in [2.45, 2.75) is 44.8 Å². The summed E-state index contributed by atoms with van der Waals surface area (Å²) in [5.74, 6) is 1.72. The summed E-state index contributed by atoms with van der Waals surface area (Å²) < 4.78 is 11.4. The summed E-state index contributed by atoms with van der Waals surface area (Å²) in [6.07, 6.45) is 4.53. The number of hydrogen-bond acceptors (Lipinski definition) is 5. The molecule has 2 saturated heterocycles. The number of ether oxygens (including phenoxy) is 2. The average Bonchev–Trinajstić information content (AvgIpc) is 3.08. The molecule has 3 aliphatic heterocycles. The molecule has 5 nitrogen and oxygen atoms in total. The van der Waals surface area contributed by atoms with Crippen LogP contribution >= 0.6 is 0 Å². The zero-order valence-electron chi connectivity index (χ0n) is 15.3. The van der Waals surface area contributed by atoms with Crippen LogP contribution in [0.5, 0.6) is 11.5 Å². The summed E-state index contributed by atoms with van der Waals surface area (Å²) in [4.78, 5) is 4.83. The number of hydrogen-bond donors (Lipinski definition) is 1. The van der Waals surface area contributed by atoms with Crippen molar-refractivity contribution in [2.24, 2.45) is 0 Å². The molecule has 0 amide bonds. The summed E-state index contributed by atoms with van der Waals surface area (Å²) in [7, 11) is 0. The molecule has 1 unspecified atom stereocenters. The minimum atomic E-state index is -0.565. The molecule has 0 aliphatic carbocycles. The first-order valence-electron chi connectivity index (χ1n) is 9.68. The topological polar surface area (TPSA) is 45.2 Å². The van der Waals surface area contributed by atoms with Gasteiger partial charge in [-0.15, -0.1) is 0 Å². The Labute approximate surface area is 150 Å². The maximum Gasteiger partial charge on any atom is 0.161 e. The van der Waals surface area contributed by atoms with Crippen LogP contribution in [0.15, 0.2) is 12.1 Å². The van der Waals surface area contributed by atoms with Crippen LogP contribution in [0.1, 0.15) is 36.8 Å². The number of nitrogens with zero attached hydrogens (tertiary/aromatic N) is 2. The monoisotopic (exact) mass is 346 g/mol. The van der Waals surface area contributed by atoms with Crippen molar-refractivity contribution in [1.29, 1.82) is 0 Å². The van der Waals surface area contributed by atoms with Crippen LogP contribution < -0.4 is 9.47 Å². The van der Waals surface area contributed by atoms with E-state index in [-0.39, 0.29) is 0 Å². The summed E-state index contributed by atoms with van der Waals surface area (Å²) in [5, 5.41) is 11.1. The van der Waals surface area contributed by atoms with Gasteiger partial charge < -0.3 is 19.5 Å². The minimum absolute atomic E-state index is 0.565. The molecule has 5 heteroatoms. The van der Waals surface area contributed by atoms with Gasteiger partial charge in [-0.1, -0.05) is 0 Å². The predicted molar refractivity (Wildman–Crippen MR) is 97.3 cm³/mol. The lowest BCUT2D eigenvalue weighted by Crippen LogP contribution is -2.53. The Morgan fingerprint density at radius 1 is 1.00 bits per heavy atom. The third-order valence-electron chi connectivity index (χ3n) is 5.75. The van der Waals surface area contributed by atoms with Gasteiger partial charge in [0, 0.05) is 19.6 Å². The highest BCUT2D eigenvalue weighted by molar-refractivity contribution is 5.47. The van der Waals surface area contributed by atoms with Gasteiger partial charge in [0.05, 0.1) is 5.60 Å². The zero-order chi connectivity index (χ0) is 17.3. The number of rotatable bonds is 4. The van der Waals surface area contributed by atoms with Crippen molar-refractivity contribution in [3.63, 3.8) is 0 Å². The van der Waals surface area contributed by atoms with E-state index in [4.69, 9.17) is 9.47 Å². The molecule has 1 aromatic carbocycles. The van der Waals surface area contributed by atoms with Crippen LogP contribution in [0.4, 0.5) is 0 Å². The molecule has 4 rings (SSSR count). The van der Waals surface area contributed by atoms with Crippen molar-refractivity contribution in [3.05, 3.63) is 23.3 Å². The highest BCUT2D eigenvalue weighted by atomic mass is 16.6. The SMILES string of the molecule is Cc1cc2c(cc1CN1CCCC(O)(CN3CCCC3)C1)OCCO2. The van der Waals surface area contributed by atoms with Crippen LogP contribution in [0.3, 0.4) is 0 Å². The fourth-order valence-corrected chi connectivity index (χ4v) is 4.47. The van der Waals surface area contributed by atoms with Crippen molar-refractivity contribution >= 4 is 0 Å². The van der Waals surface area contributed by atoms with Crippen LogP contribution in [-0.4, -0.2) is 66.4 Å². The van der Waals surface area contributed by atoms with Gasteiger partial charge in [0.2, 0.25) is 0 Å². The number of aliphatic hydroxyl groups is 1. The highest BCUT2D eigenvalue weighted by Gasteiger charge is 2.35. The number of fused-ring (bicyclic) bond motifs is 1. The van der Waals surface area contributed by atoms with E-state index >= 15 is 0 Å². The van der Waals surface area contributed by atoms with Gasteiger partial charge >= 0.3 is 0 Å². The Morgan fingerprint density at radius 3 is 2.44 bits per heavy atom. The second kappa shape index (κ2) is 7.14. The van der Waals surface area contributed by atoms with Gasteiger partial charge in [-0.25, -0.2) is 0 Å². The molecule has 3 heterocycles. The number of aryl methyl sites for hydroxylation is 1. The van der Waals surface area contributed by atoms with Gasteiger partial charge in [-0.05, 0) is 75.5 Å². The summed E-state index contributed by atoms with van der Waals surface area (Å²) in [5.41, 5.74) is 1.94. The molecule has 1 atom stereocenters. The van der Waals surface area contributed by atoms with E-state index in [1.165, 1.54) is 24.0 Å². The summed E-state index contributed by atoms with van der Waals surface area (Å²) in [6, 6.07) is 4.21. The normalized spacial score (nSPS) is 27.6. The molecule has 0 bridgehead atoms. The molecule has 0 saturated carbocycles. The molecule has 3 aliphatic rings. The average molecular weight is 346 g/mol. The quantitative estimate of drug-likeness (QED) is 0.905. The van der Waals surface area contributed by atoms with Crippen LogP contribution in [0.25, 0.3) is 0 Å². The van der Waals surface area contributed by atoms with E-state index < -0.39 is 5.60 Å². The lowest BCUT2D eigenvalue weighted by molar-refractivity contribution is -0.0519. The van der Waals surface area contributed by atoms with Gasteiger partial charge in [0.25, 0.3) is 0 Å². The predicted octanol–water partition coefficient (Wildman–Crippen LogP) is 2.19. The Hall–Kier alpha value is -1.30. The molecule has 25 heavy (non-hydrogen) atoms. The van der Waals surface area contributed by atoms with Crippen LogP contribution in [0.2, 0.25) is 0 Å². The first kappa shape index (κ1) is 17.1. The highest BCUT2D eigenvalue weighted by Crippen LogP contribution is 2.34. The molecule has 0 aromatic heterocycles. The third-order valence-corrected chi connectivity index (χ3v) is 5.75. The Balaban J connectivity index is 1.43. The maximum absolute atomic E-state index is 11.1. The van der Waals surface area contributed by atoms with Crippen molar-refractivity contribution in [3.8, 4) is 11.5 Å². The molecular formula is C20H30N2O3. The molecule has 138 valence electrons. The third kappa shape index (κ3) is 3.94. The smallest absolute Gasteiger partial charge is 0.161 e. The molecule has 0 spiro atoms. The molecular weight excluding hydrogens is 316 g/mol. The summed E-state index contributed by atoms with van der Waals surface area (Å²) >= 11 is 0. The largest absolute Gasteiger partial charge is 0.486 e. The van der Waals surface area contributed by atoms with Crippen LogP contribution in [0, 0.1) is 6.92 Å². The minimum Gasteiger partial charge on any atom is -0.486 e. The molecule has 0 radical (unpaired) electrons. The van der Waals surface area contributed by atoms with Crippen LogP contribution in [-0.2, 0) is 6.54 Å². The van der Waals surface area contributed by atoms with E-state index in [1.54, 1.807) is 0 Å². The standard InChI is InChI=1S/C20H30N2O3/c1-16-11-18-19(25-10-9-24-18)12-17(16)13-22-8-4-5-20(23,15-22)14-21-6-2-3-7-21/h11-12,23H,2-10,13-15H2,1H3. The number of β-amino-alcohol motifs (C(OH)–C–C–N with tert-alkyl or cyclic N) is 1. The second-order valence-corrected chi connectivity index (χ2v) is 7.94. The van der Waals surface area contributed by atoms with Crippen molar-refractivity contribution < 1.29 is 14.6 Å². The first-order valence-corrected chi connectivity index (χ1v) is 9.68. The van der Waals surface area contributed by atoms with Crippen molar-refractivity contribution in [1.82, 2.24) is 9.80 Å². The summed E-state index contributed by atoms with van der Waals surface area (Å²) in [6.45, 7) is 9.17. The van der Waals surface area contributed by atoms with Crippen molar-refractivity contribution in [2.75, 3.05) is 45.9 Å². The Bertz CT molecular complexity index is 615. The number of likely N-dealkylation sites (tertiary alicyclic amines) is 2. The first-order chi connectivity index (χ1) is 12.1. The van der Waals surface area contributed by atoms with E-state index in [1.807, 2.05) is 0 Å². The van der Waals surface area contributed by atoms with E-state index in [9.17, 15) is 5.11 Å². The second-order valence-electron chi connectivity index (χ2n) is 7.94. The van der Waals surface area contributed by atoms with E-state index in [2.05, 4.69) is 28.9 Å². The van der Waals surface area contributed by atoms with Gasteiger partial charge in [-0.3, -0.25) is 4.90 Å². The molecule has 2 fully saturated rings. The molecule has 1 aromatic rings. The Kier molecular flexibility index (Phi) is 4.89. The lowest BCUT2D eigenvalue weighted by atomic mass is 9.91. The maximum atomic E-state index is 11.1. The lowest BCUT2D eigenvalue weighted by Gasteiger charge is -2.41. The fourth-order valence-electron chi connectivity index (χ4n) is 4.47.